The van der Waals surface area contributed by atoms with Gasteiger partial charge in [0.25, 0.3) is 0 Å². The van der Waals surface area contributed by atoms with Crippen molar-refractivity contribution in [3.8, 4) is 0 Å². The summed E-state index contributed by atoms with van der Waals surface area (Å²) in [5, 5.41) is 0. The van der Waals surface area contributed by atoms with Gasteiger partial charge in [-0.1, -0.05) is 20.8 Å². The third-order valence-electron chi connectivity index (χ3n) is 3.58. The molecule has 1 aliphatic carbocycles. The SMILES string of the molecule is CCOC(=O)C1CC(C)C(C)C1C. The fourth-order valence-corrected chi connectivity index (χ4v) is 2.27. The molecule has 0 amide bonds. The minimum atomic E-state index is 0.00574. The Morgan fingerprint density at radius 3 is 2.31 bits per heavy atom. The number of hydrogen-bond acceptors (Lipinski definition) is 2. The summed E-state index contributed by atoms with van der Waals surface area (Å²) in [6, 6.07) is 0. The van der Waals surface area contributed by atoms with Gasteiger partial charge in [0.15, 0.2) is 0 Å². The van der Waals surface area contributed by atoms with E-state index in [2.05, 4.69) is 20.8 Å². The molecule has 0 heterocycles. The van der Waals surface area contributed by atoms with Crippen LogP contribution in [0.1, 0.15) is 34.1 Å². The third kappa shape index (κ3) is 2.04. The molecule has 1 aliphatic rings. The predicted octanol–water partition coefficient (Wildman–Crippen LogP) is 2.48. The molecule has 76 valence electrons. The molecule has 0 radical (unpaired) electrons. The predicted molar refractivity (Wildman–Crippen MR) is 52.2 cm³/mol. The highest BCUT2D eigenvalue weighted by Gasteiger charge is 2.40. The Morgan fingerprint density at radius 2 is 1.92 bits per heavy atom. The van der Waals surface area contributed by atoms with Crippen molar-refractivity contribution in [2.45, 2.75) is 34.1 Å². The second kappa shape index (κ2) is 4.12. The zero-order valence-corrected chi connectivity index (χ0v) is 9.04. The van der Waals surface area contributed by atoms with Crippen molar-refractivity contribution in [3.63, 3.8) is 0 Å². The summed E-state index contributed by atoms with van der Waals surface area (Å²) in [5.41, 5.74) is 0. The molecular formula is C11H20O2. The summed E-state index contributed by atoms with van der Waals surface area (Å²) in [7, 11) is 0. The zero-order valence-electron chi connectivity index (χ0n) is 9.04. The van der Waals surface area contributed by atoms with E-state index in [4.69, 9.17) is 4.74 Å². The maximum Gasteiger partial charge on any atom is 0.309 e. The van der Waals surface area contributed by atoms with Crippen molar-refractivity contribution < 1.29 is 9.53 Å². The van der Waals surface area contributed by atoms with E-state index in [1.165, 1.54) is 0 Å². The smallest absolute Gasteiger partial charge is 0.309 e. The largest absolute Gasteiger partial charge is 0.466 e. The number of hydrogen-bond donors (Lipinski definition) is 0. The molecule has 0 N–H and O–H groups in total. The molecule has 0 aromatic carbocycles. The average Bonchev–Trinajstić information content (AvgIpc) is 2.33. The van der Waals surface area contributed by atoms with Gasteiger partial charge in [-0.05, 0) is 31.1 Å². The molecule has 1 fully saturated rings. The van der Waals surface area contributed by atoms with Crippen molar-refractivity contribution in [2.75, 3.05) is 6.61 Å². The summed E-state index contributed by atoms with van der Waals surface area (Å²) >= 11 is 0. The molecule has 2 nitrogen and oxygen atoms in total. The molecule has 4 unspecified atom stereocenters. The van der Waals surface area contributed by atoms with Crippen LogP contribution in [0.25, 0.3) is 0 Å². The van der Waals surface area contributed by atoms with Gasteiger partial charge in [-0.3, -0.25) is 4.79 Å². The Kier molecular flexibility index (Phi) is 3.34. The third-order valence-corrected chi connectivity index (χ3v) is 3.58. The van der Waals surface area contributed by atoms with Crippen molar-refractivity contribution in [1.82, 2.24) is 0 Å². The lowest BCUT2D eigenvalue weighted by atomic mass is 9.91. The number of carbonyl (C=O) groups excluding carboxylic acids is 1. The normalized spacial score (nSPS) is 39.1. The van der Waals surface area contributed by atoms with Gasteiger partial charge in [-0.15, -0.1) is 0 Å². The fourth-order valence-electron chi connectivity index (χ4n) is 2.27. The van der Waals surface area contributed by atoms with Crippen LogP contribution < -0.4 is 0 Å². The topological polar surface area (TPSA) is 26.3 Å². The van der Waals surface area contributed by atoms with Crippen LogP contribution in [-0.2, 0) is 9.53 Å². The summed E-state index contributed by atoms with van der Waals surface area (Å²) in [6.07, 6.45) is 1.00. The van der Waals surface area contributed by atoms with E-state index in [1.807, 2.05) is 6.92 Å². The summed E-state index contributed by atoms with van der Waals surface area (Å²) in [4.78, 5) is 11.5. The first-order valence-corrected chi connectivity index (χ1v) is 5.24. The van der Waals surface area contributed by atoms with Gasteiger partial charge in [0.05, 0.1) is 12.5 Å². The highest BCUT2D eigenvalue weighted by molar-refractivity contribution is 5.73. The molecular weight excluding hydrogens is 164 g/mol. The second-order valence-corrected chi connectivity index (χ2v) is 4.29. The van der Waals surface area contributed by atoms with Gasteiger partial charge in [0.1, 0.15) is 0 Å². The molecule has 0 aromatic rings. The molecule has 2 heteroatoms. The van der Waals surface area contributed by atoms with E-state index in [0.29, 0.717) is 24.4 Å². The van der Waals surface area contributed by atoms with Gasteiger partial charge in [0, 0.05) is 0 Å². The zero-order chi connectivity index (χ0) is 10.0. The summed E-state index contributed by atoms with van der Waals surface area (Å²) < 4.78 is 5.05. The van der Waals surface area contributed by atoms with Crippen LogP contribution in [0, 0.1) is 23.7 Å². The van der Waals surface area contributed by atoms with Crippen LogP contribution in [0.4, 0.5) is 0 Å². The molecule has 1 saturated carbocycles. The van der Waals surface area contributed by atoms with Crippen LogP contribution in [0.5, 0.6) is 0 Å². The number of ether oxygens (including phenoxy) is 1. The molecule has 0 saturated heterocycles. The Balaban J connectivity index is 2.57. The molecule has 13 heavy (non-hydrogen) atoms. The lowest BCUT2D eigenvalue weighted by Crippen LogP contribution is -2.21. The maximum absolute atomic E-state index is 11.5. The summed E-state index contributed by atoms with van der Waals surface area (Å²) in [6.45, 7) is 8.99. The minimum Gasteiger partial charge on any atom is -0.466 e. The first kappa shape index (κ1) is 10.6. The van der Waals surface area contributed by atoms with Crippen molar-refractivity contribution in [3.05, 3.63) is 0 Å². The van der Waals surface area contributed by atoms with E-state index in [9.17, 15) is 4.79 Å². The van der Waals surface area contributed by atoms with Crippen molar-refractivity contribution in [2.24, 2.45) is 23.7 Å². The van der Waals surface area contributed by atoms with Gasteiger partial charge >= 0.3 is 5.97 Å². The van der Waals surface area contributed by atoms with Crippen LogP contribution in [0.2, 0.25) is 0 Å². The van der Waals surface area contributed by atoms with E-state index >= 15 is 0 Å². The lowest BCUT2D eigenvalue weighted by Gasteiger charge is -2.16. The van der Waals surface area contributed by atoms with E-state index in [1.54, 1.807) is 0 Å². The van der Waals surface area contributed by atoms with Gasteiger partial charge in [-0.2, -0.15) is 0 Å². The highest BCUT2D eigenvalue weighted by atomic mass is 16.5. The van der Waals surface area contributed by atoms with Gasteiger partial charge in [-0.25, -0.2) is 0 Å². The number of carbonyl (C=O) groups is 1. The van der Waals surface area contributed by atoms with E-state index in [0.717, 1.165) is 6.42 Å². The maximum atomic E-state index is 11.5. The first-order chi connectivity index (χ1) is 6.07. The van der Waals surface area contributed by atoms with Crippen LogP contribution in [0.3, 0.4) is 0 Å². The number of esters is 1. The van der Waals surface area contributed by atoms with E-state index in [-0.39, 0.29) is 11.9 Å². The standard InChI is InChI=1S/C11H20O2/c1-5-13-11(12)10-6-7(2)8(3)9(10)4/h7-10H,5-6H2,1-4H3. The number of rotatable bonds is 2. The Hall–Kier alpha value is -0.530. The monoisotopic (exact) mass is 184 g/mol. The molecule has 4 atom stereocenters. The highest BCUT2D eigenvalue weighted by Crippen LogP contribution is 2.41. The Bertz CT molecular complexity index is 189. The minimum absolute atomic E-state index is 0.00574. The molecule has 0 spiro atoms. The van der Waals surface area contributed by atoms with Gasteiger partial charge in [0.2, 0.25) is 0 Å². The Labute approximate surface area is 80.7 Å². The van der Waals surface area contributed by atoms with Crippen LogP contribution in [0.15, 0.2) is 0 Å². The van der Waals surface area contributed by atoms with E-state index < -0.39 is 0 Å². The molecule has 1 rings (SSSR count). The van der Waals surface area contributed by atoms with Crippen molar-refractivity contribution in [1.29, 1.82) is 0 Å². The van der Waals surface area contributed by atoms with Crippen LogP contribution >= 0.6 is 0 Å². The second-order valence-electron chi connectivity index (χ2n) is 4.29. The van der Waals surface area contributed by atoms with Crippen molar-refractivity contribution >= 4 is 5.97 Å². The van der Waals surface area contributed by atoms with Gasteiger partial charge < -0.3 is 4.74 Å². The summed E-state index contributed by atoms with van der Waals surface area (Å²) in [5.74, 6) is 1.93. The average molecular weight is 184 g/mol. The molecule has 0 bridgehead atoms. The fraction of sp³-hybridized carbons (Fsp3) is 0.909. The lowest BCUT2D eigenvalue weighted by molar-refractivity contribution is -0.149. The molecule has 0 aliphatic heterocycles. The van der Waals surface area contributed by atoms with Crippen LogP contribution in [-0.4, -0.2) is 12.6 Å². The first-order valence-electron chi connectivity index (χ1n) is 5.24. The quantitative estimate of drug-likeness (QED) is 0.616. The molecule has 0 aromatic heterocycles. The Morgan fingerprint density at radius 1 is 1.31 bits per heavy atom.